The van der Waals surface area contributed by atoms with Crippen molar-refractivity contribution >= 4 is 33.0 Å². The number of sulfone groups is 1. The first kappa shape index (κ1) is 23.3. The number of fused-ring (bicyclic) bond motifs is 1. The standard InChI is InChI=1S/C22H23ClFN5O3S/c1-22(2,3)29-12-26-20(27-29)15-8-18-19(9-16(15)24)33(31,32)11-17(25)21(30)28(18)10-13-4-6-14(23)7-5-13/h4-9,12,17H,10-11,25H2,1-3H3/t17-/m0/s1. The number of carbonyl (C=O) groups excluding carboxylic acids is 1. The van der Waals surface area contributed by atoms with Crippen molar-refractivity contribution in [1.82, 2.24) is 14.8 Å². The van der Waals surface area contributed by atoms with Gasteiger partial charge in [0.15, 0.2) is 15.7 Å². The number of carbonyl (C=O) groups is 1. The number of hydrogen-bond acceptors (Lipinski definition) is 6. The summed E-state index contributed by atoms with van der Waals surface area (Å²) in [7, 11) is -4.03. The van der Waals surface area contributed by atoms with Crippen molar-refractivity contribution in [2.45, 2.75) is 43.8 Å². The second-order valence-electron chi connectivity index (χ2n) is 8.92. The van der Waals surface area contributed by atoms with E-state index in [-0.39, 0.29) is 34.1 Å². The molecule has 0 unspecified atom stereocenters. The van der Waals surface area contributed by atoms with Gasteiger partial charge in [-0.1, -0.05) is 23.7 Å². The molecule has 33 heavy (non-hydrogen) atoms. The van der Waals surface area contributed by atoms with E-state index in [9.17, 15) is 13.2 Å². The summed E-state index contributed by atoms with van der Waals surface area (Å²) >= 11 is 5.95. The zero-order chi connectivity index (χ0) is 24.1. The van der Waals surface area contributed by atoms with Gasteiger partial charge in [-0.3, -0.25) is 4.79 Å². The van der Waals surface area contributed by atoms with Gasteiger partial charge in [0.05, 0.1) is 40.0 Å². The molecule has 1 aliphatic heterocycles. The highest BCUT2D eigenvalue weighted by Crippen LogP contribution is 2.36. The van der Waals surface area contributed by atoms with Gasteiger partial charge in [0.25, 0.3) is 0 Å². The number of halogens is 2. The largest absolute Gasteiger partial charge is 0.319 e. The van der Waals surface area contributed by atoms with E-state index in [1.165, 1.54) is 17.3 Å². The van der Waals surface area contributed by atoms with E-state index in [0.29, 0.717) is 10.6 Å². The third-order valence-corrected chi connectivity index (χ3v) is 7.38. The number of nitrogens with two attached hydrogens (primary N) is 1. The predicted octanol–water partition coefficient (Wildman–Crippen LogP) is 3.14. The zero-order valence-electron chi connectivity index (χ0n) is 18.3. The van der Waals surface area contributed by atoms with Crippen LogP contribution < -0.4 is 10.6 Å². The van der Waals surface area contributed by atoms with E-state index < -0.39 is 33.4 Å². The number of anilines is 1. The lowest BCUT2D eigenvalue weighted by Gasteiger charge is -2.24. The van der Waals surface area contributed by atoms with Crippen molar-refractivity contribution < 1.29 is 17.6 Å². The summed E-state index contributed by atoms with van der Waals surface area (Å²) < 4.78 is 42.6. The Morgan fingerprint density at radius 2 is 1.88 bits per heavy atom. The fourth-order valence-electron chi connectivity index (χ4n) is 3.54. The van der Waals surface area contributed by atoms with Crippen LogP contribution in [0.15, 0.2) is 47.6 Å². The fraction of sp³-hybridized carbons (Fsp3) is 0.318. The molecule has 0 saturated carbocycles. The molecule has 0 bridgehead atoms. The number of amides is 1. The molecule has 1 amide bonds. The van der Waals surface area contributed by atoms with Crippen LogP contribution in [0.4, 0.5) is 10.1 Å². The summed E-state index contributed by atoms with van der Waals surface area (Å²) in [5, 5.41) is 4.87. The Bertz CT molecular complexity index is 1330. The molecule has 3 aromatic rings. The van der Waals surface area contributed by atoms with Crippen LogP contribution in [0, 0.1) is 5.82 Å². The van der Waals surface area contributed by atoms with Gasteiger partial charge < -0.3 is 10.6 Å². The minimum atomic E-state index is -4.03. The number of hydrogen-bond donors (Lipinski definition) is 1. The first-order chi connectivity index (χ1) is 15.4. The molecule has 1 aliphatic rings. The lowest BCUT2D eigenvalue weighted by molar-refractivity contribution is -0.119. The van der Waals surface area contributed by atoms with Crippen molar-refractivity contribution in [3.63, 3.8) is 0 Å². The van der Waals surface area contributed by atoms with Gasteiger partial charge in [-0.15, -0.1) is 0 Å². The molecular weight excluding hydrogens is 469 g/mol. The molecule has 174 valence electrons. The average molecular weight is 492 g/mol. The van der Waals surface area contributed by atoms with E-state index in [0.717, 1.165) is 6.07 Å². The Kier molecular flexibility index (Phi) is 5.80. The third kappa shape index (κ3) is 4.50. The molecule has 2 heterocycles. The van der Waals surface area contributed by atoms with E-state index in [1.54, 1.807) is 28.9 Å². The SMILES string of the molecule is CC(C)(C)n1cnc(-c2cc3c(cc2F)S(=O)(=O)C[C@H](N)C(=O)N3Cc2ccc(Cl)cc2)n1. The highest BCUT2D eigenvalue weighted by molar-refractivity contribution is 7.91. The number of benzene rings is 2. The smallest absolute Gasteiger partial charge is 0.245 e. The summed E-state index contributed by atoms with van der Waals surface area (Å²) in [5.74, 6) is -1.93. The van der Waals surface area contributed by atoms with Crippen LogP contribution in [-0.4, -0.2) is 40.9 Å². The Labute approximate surface area is 196 Å². The van der Waals surface area contributed by atoms with Crippen LogP contribution in [0.2, 0.25) is 5.02 Å². The highest BCUT2D eigenvalue weighted by atomic mass is 35.5. The molecule has 1 atom stereocenters. The summed E-state index contributed by atoms with van der Waals surface area (Å²) in [5.41, 5.74) is 6.25. The second-order valence-corrected chi connectivity index (χ2v) is 11.4. The maximum atomic E-state index is 15.1. The quantitative estimate of drug-likeness (QED) is 0.602. The Balaban J connectivity index is 1.89. The molecule has 0 aliphatic carbocycles. The number of rotatable bonds is 3. The Hall–Kier alpha value is -2.82. The van der Waals surface area contributed by atoms with Crippen molar-refractivity contribution in [1.29, 1.82) is 0 Å². The Morgan fingerprint density at radius 3 is 2.48 bits per heavy atom. The van der Waals surface area contributed by atoms with Crippen molar-refractivity contribution in [3.05, 3.63) is 59.1 Å². The van der Waals surface area contributed by atoms with Gasteiger partial charge in [0.1, 0.15) is 12.1 Å². The molecular formula is C22H23ClFN5O3S. The maximum absolute atomic E-state index is 15.1. The zero-order valence-corrected chi connectivity index (χ0v) is 19.9. The van der Waals surface area contributed by atoms with Gasteiger partial charge in [0, 0.05) is 5.02 Å². The average Bonchev–Trinajstić information content (AvgIpc) is 3.21. The van der Waals surface area contributed by atoms with Crippen LogP contribution >= 0.6 is 11.6 Å². The molecule has 4 rings (SSSR count). The first-order valence-corrected chi connectivity index (χ1v) is 12.2. The molecule has 11 heteroatoms. The minimum absolute atomic E-state index is 0.0173. The van der Waals surface area contributed by atoms with E-state index >= 15 is 4.39 Å². The van der Waals surface area contributed by atoms with Crippen molar-refractivity contribution in [2.75, 3.05) is 10.7 Å². The van der Waals surface area contributed by atoms with E-state index in [4.69, 9.17) is 17.3 Å². The van der Waals surface area contributed by atoms with Gasteiger partial charge in [-0.25, -0.2) is 22.5 Å². The number of aromatic nitrogens is 3. The fourth-order valence-corrected chi connectivity index (χ4v) is 5.23. The van der Waals surface area contributed by atoms with Crippen molar-refractivity contribution in [2.24, 2.45) is 5.73 Å². The van der Waals surface area contributed by atoms with Gasteiger partial charge in [-0.05, 0) is 50.6 Å². The van der Waals surface area contributed by atoms with Gasteiger partial charge >= 0.3 is 0 Å². The first-order valence-electron chi connectivity index (χ1n) is 10.2. The van der Waals surface area contributed by atoms with Crippen LogP contribution in [0.5, 0.6) is 0 Å². The van der Waals surface area contributed by atoms with Crippen molar-refractivity contribution in [3.8, 4) is 11.4 Å². The van der Waals surface area contributed by atoms with Crippen LogP contribution in [0.3, 0.4) is 0 Å². The minimum Gasteiger partial charge on any atom is -0.319 e. The molecule has 0 spiro atoms. The molecule has 2 N–H and O–H groups in total. The van der Waals surface area contributed by atoms with Crippen LogP contribution in [0.25, 0.3) is 11.4 Å². The summed E-state index contributed by atoms with van der Waals surface area (Å²) in [6.07, 6.45) is 1.48. The summed E-state index contributed by atoms with van der Waals surface area (Å²) in [4.78, 5) is 18.3. The Morgan fingerprint density at radius 1 is 1.21 bits per heavy atom. The molecule has 1 aromatic heterocycles. The van der Waals surface area contributed by atoms with Crippen LogP contribution in [0.1, 0.15) is 26.3 Å². The van der Waals surface area contributed by atoms with Gasteiger partial charge in [-0.2, -0.15) is 5.10 Å². The lowest BCUT2D eigenvalue weighted by Crippen LogP contribution is -2.45. The monoisotopic (exact) mass is 491 g/mol. The highest BCUT2D eigenvalue weighted by Gasteiger charge is 2.37. The third-order valence-electron chi connectivity index (χ3n) is 5.33. The molecule has 8 nitrogen and oxygen atoms in total. The lowest BCUT2D eigenvalue weighted by atomic mass is 10.1. The molecule has 2 aromatic carbocycles. The second kappa shape index (κ2) is 8.19. The van der Waals surface area contributed by atoms with E-state index in [2.05, 4.69) is 10.1 Å². The topological polar surface area (TPSA) is 111 Å². The predicted molar refractivity (Wildman–Crippen MR) is 123 cm³/mol. The molecule has 0 radical (unpaired) electrons. The maximum Gasteiger partial charge on any atom is 0.245 e. The summed E-state index contributed by atoms with van der Waals surface area (Å²) in [6.45, 7) is 5.78. The van der Waals surface area contributed by atoms with Gasteiger partial charge in [0.2, 0.25) is 5.91 Å². The van der Waals surface area contributed by atoms with E-state index in [1.807, 2.05) is 20.8 Å². The molecule has 0 fully saturated rings. The van der Waals surface area contributed by atoms with Crippen LogP contribution in [-0.2, 0) is 26.7 Å². The number of nitrogens with zero attached hydrogens (tertiary/aromatic N) is 4. The summed E-state index contributed by atoms with van der Waals surface area (Å²) in [6, 6.07) is 7.69. The normalized spacial score (nSPS) is 18.2. The molecule has 0 saturated heterocycles.